The van der Waals surface area contributed by atoms with Gasteiger partial charge in [-0.25, -0.2) is 8.78 Å². The van der Waals surface area contributed by atoms with Gasteiger partial charge in [0.2, 0.25) is 0 Å². The lowest BCUT2D eigenvalue weighted by atomic mass is 10.2. The molecule has 0 fully saturated rings. The molecule has 0 saturated heterocycles. The summed E-state index contributed by atoms with van der Waals surface area (Å²) in [6, 6.07) is 4.42. The molecule has 3 rings (SSSR count). The van der Waals surface area contributed by atoms with Crippen LogP contribution in [0.25, 0.3) is 0 Å². The maximum atomic E-state index is 13.4. The Balaban J connectivity index is 1.63. The van der Waals surface area contributed by atoms with Gasteiger partial charge in [0.05, 0.1) is 10.4 Å². The molecule has 0 saturated carbocycles. The van der Waals surface area contributed by atoms with E-state index in [1.54, 1.807) is 0 Å². The zero-order chi connectivity index (χ0) is 15.7. The average molecular weight is 322 g/mol. The van der Waals surface area contributed by atoms with Crippen LogP contribution in [-0.2, 0) is 12.8 Å². The summed E-state index contributed by atoms with van der Waals surface area (Å²) in [5, 5.41) is 0. The molecule has 2 amide bonds. The maximum Gasteiger partial charge on any atom is 0.279 e. The van der Waals surface area contributed by atoms with Gasteiger partial charge in [0.15, 0.2) is 0 Å². The van der Waals surface area contributed by atoms with Crippen LogP contribution in [0.1, 0.15) is 36.9 Å². The lowest BCUT2D eigenvalue weighted by Gasteiger charge is -2.07. The lowest BCUT2D eigenvalue weighted by Crippen LogP contribution is -2.41. The number of amides is 2. The van der Waals surface area contributed by atoms with Crippen LogP contribution < -0.4 is 10.9 Å². The highest BCUT2D eigenvalue weighted by atomic mass is 32.1. The van der Waals surface area contributed by atoms with Crippen molar-refractivity contribution in [2.45, 2.75) is 19.3 Å². The summed E-state index contributed by atoms with van der Waals surface area (Å²) in [6.07, 6.45) is 3.04. The molecule has 7 heteroatoms. The van der Waals surface area contributed by atoms with Gasteiger partial charge in [-0.1, -0.05) is 0 Å². The molecule has 0 unspecified atom stereocenters. The summed E-state index contributed by atoms with van der Waals surface area (Å²) in [4.78, 5) is 25.4. The summed E-state index contributed by atoms with van der Waals surface area (Å²) in [7, 11) is 0. The molecule has 1 aliphatic rings. The first-order valence-electron chi connectivity index (χ1n) is 6.72. The predicted octanol–water partition coefficient (Wildman–Crippen LogP) is 2.59. The van der Waals surface area contributed by atoms with Gasteiger partial charge >= 0.3 is 0 Å². The summed E-state index contributed by atoms with van der Waals surface area (Å²) < 4.78 is 26.2. The first kappa shape index (κ1) is 14.6. The van der Waals surface area contributed by atoms with E-state index in [2.05, 4.69) is 10.9 Å². The number of halogens is 2. The smallest absolute Gasteiger partial charge is 0.267 e. The van der Waals surface area contributed by atoms with Crippen LogP contribution in [0, 0.1) is 11.6 Å². The van der Waals surface area contributed by atoms with E-state index in [-0.39, 0.29) is 5.56 Å². The third-order valence-corrected chi connectivity index (χ3v) is 4.67. The Bertz CT molecular complexity index is 736. The number of hydrogen-bond acceptors (Lipinski definition) is 3. The average Bonchev–Trinajstić information content (AvgIpc) is 3.05. The zero-order valence-electron chi connectivity index (χ0n) is 11.4. The molecular formula is C15H12F2N2O2S. The summed E-state index contributed by atoms with van der Waals surface area (Å²) in [5.74, 6) is -3.04. The van der Waals surface area contributed by atoms with Crippen molar-refractivity contribution in [2.24, 2.45) is 0 Å². The van der Waals surface area contributed by atoms with Crippen molar-refractivity contribution in [2.75, 3.05) is 0 Å². The Hall–Kier alpha value is -2.28. The van der Waals surface area contributed by atoms with Crippen molar-refractivity contribution in [1.82, 2.24) is 10.9 Å². The van der Waals surface area contributed by atoms with Gasteiger partial charge in [-0.3, -0.25) is 20.4 Å². The Kier molecular flexibility index (Phi) is 3.89. The highest BCUT2D eigenvalue weighted by Crippen LogP contribution is 2.30. The van der Waals surface area contributed by atoms with Crippen LogP contribution in [0.15, 0.2) is 24.3 Å². The van der Waals surface area contributed by atoms with Gasteiger partial charge in [0, 0.05) is 10.9 Å². The molecular weight excluding hydrogens is 310 g/mol. The summed E-state index contributed by atoms with van der Waals surface area (Å²) in [6.45, 7) is 0. The van der Waals surface area contributed by atoms with Crippen LogP contribution in [0.3, 0.4) is 0 Å². The summed E-state index contributed by atoms with van der Waals surface area (Å²) in [5.41, 5.74) is 5.20. The van der Waals surface area contributed by atoms with Gasteiger partial charge in [0.25, 0.3) is 11.8 Å². The van der Waals surface area contributed by atoms with Crippen molar-refractivity contribution in [3.05, 3.63) is 56.8 Å². The van der Waals surface area contributed by atoms with E-state index in [4.69, 9.17) is 0 Å². The Morgan fingerprint density at radius 3 is 2.55 bits per heavy atom. The molecule has 2 N–H and O–H groups in total. The number of aryl methyl sites for hydroxylation is 2. The maximum absolute atomic E-state index is 13.4. The number of rotatable bonds is 2. The number of fused-ring (bicyclic) bond motifs is 1. The molecule has 0 spiro atoms. The van der Waals surface area contributed by atoms with E-state index < -0.39 is 23.4 Å². The number of carbonyl (C=O) groups is 2. The molecule has 4 nitrogen and oxygen atoms in total. The first-order chi connectivity index (χ1) is 10.5. The van der Waals surface area contributed by atoms with E-state index >= 15 is 0 Å². The number of hydrazine groups is 1. The topological polar surface area (TPSA) is 58.2 Å². The molecule has 22 heavy (non-hydrogen) atoms. The van der Waals surface area contributed by atoms with Crippen LogP contribution >= 0.6 is 11.3 Å². The molecule has 2 aromatic rings. The lowest BCUT2D eigenvalue weighted by molar-refractivity contribution is 0.0846. The minimum Gasteiger partial charge on any atom is -0.267 e. The fraction of sp³-hybridized carbons (Fsp3) is 0.200. The largest absolute Gasteiger partial charge is 0.279 e. The van der Waals surface area contributed by atoms with Crippen LogP contribution in [0.5, 0.6) is 0 Å². The number of benzene rings is 1. The fourth-order valence-electron chi connectivity index (χ4n) is 2.36. The number of thiophene rings is 1. The number of carbonyl (C=O) groups excluding carboxylic acids is 2. The Labute approximate surface area is 129 Å². The number of nitrogens with one attached hydrogen (secondary N) is 2. The molecule has 114 valence electrons. The Morgan fingerprint density at radius 2 is 1.82 bits per heavy atom. The van der Waals surface area contributed by atoms with Crippen LogP contribution in [0.4, 0.5) is 8.78 Å². The Morgan fingerprint density at radius 1 is 1.05 bits per heavy atom. The molecule has 0 atom stereocenters. The van der Waals surface area contributed by atoms with Crippen molar-refractivity contribution in [1.29, 1.82) is 0 Å². The second-order valence-electron chi connectivity index (χ2n) is 4.95. The predicted molar refractivity (Wildman–Crippen MR) is 77.6 cm³/mol. The minimum absolute atomic E-state index is 0.338. The zero-order valence-corrected chi connectivity index (χ0v) is 12.2. The van der Waals surface area contributed by atoms with Crippen LogP contribution in [0.2, 0.25) is 0 Å². The standard InChI is InChI=1S/C15H12F2N2O2S/c16-9-4-5-10(11(17)7-9)14(20)18-19-15(21)13-6-8-2-1-3-12(8)22-13/h4-7H,1-3H2,(H,18,20)(H,19,21). The van der Waals surface area contributed by atoms with Crippen LogP contribution in [-0.4, -0.2) is 11.8 Å². The van der Waals surface area contributed by atoms with Gasteiger partial charge in [-0.15, -0.1) is 11.3 Å². The van der Waals surface area contributed by atoms with Gasteiger partial charge in [0.1, 0.15) is 11.6 Å². The molecule has 0 bridgehead atoms. The van der Waals surface area contributed by atoms with Gasteiger partial charge in [-0.05, 0) is 43.0 Å². The van der Waals surface area contributed by atoms with Gasteiger partial charge in [-0.2, -0.15) is 0 Å². The molecule has 0 aliphatic heterocycles. The van der Waals surface area contributed by atoms with Crippen molar-refractivity contribution < 1.29 is 18.4 Å². The third-order valence-electron chi connectivity index (χ3n) is 3.44. The molecule has 0 radical (unpaired) electrons. The van der Waals surface area contributed by atoms with E-state index in [0.717, 1.165) is 31.4 Å². The molecule has 1 heterocycles. The fourth-order valence-corrected chi connectivity index (χ4v) is 3.51. The third kappa shape index (κ3) is 2.85. The molecule has 1 aromatic heterocycles. The normalized spacial score (nSPS) is 12.8. The number of hydrogen-bond donors (Lipinski definition) is 2. The molecule has 1 aliphatic carbocycles. The highest BCUT2D eigenvalue weighted by Gasteiger charge is 2.19. The van der Waals surface area contributed by atoms with E-state index in [1.807, 2.05) is 6.07 Å². The highest BCUT2D eigenvalue weighted by molar-refractivity contribution is 7.14. The van der Waals surface area contributed by atoms with Crippen molar-refractivity contribution in [3.8, 4) is 0 Å². The second-order valence-corrected chi connectivity index (χ2v) is 6.08. The van der Waals surface area contributed by atoms with Crippen molar-refractivity contribution >= 4 is 23.2 Å². The second kappa shape index (κ2) is 5.84. The first-order valence-corrected chi connectivity index (χ1v) is 7.53. The quantitative estimate of drug-likeness (QED) is 0.835. The molecule has 1 aromatic carbocycles. The van der Waals surface area contributed by atoms with Gasteiger partial charge < -0.3 is 0 Å². The van der Waals surface area contributed by atoms with E-state index in [1.165, 1.54) is 21.8 Å². The monoisotopic (exact) mass is 322 g/mol. The SMILES string of the molecule is O=C(NNC(=O)c1ccc(F)cc1F)c1cc2c(s1)CCC2. The van der Waals surface area contributed by atoms with E-state index in [0.29, 0.717) is 10.9 Å². The summed E-state index contributed by atoms with van der Waals surface area (Å²) >= 11 is 1.40. The van der Waals surface area contributed by atoms with E-state index in [9.17, 15) is 18.4 Å². The minimum atomic E-state index is -0.984. The van der Waals surface area contributed by atoms with Crippen molar-refractivity contribution in [3.63, 3.8) is 0 Å².